The van der Waals surface area contributed by atoms with Crippen LogP contribution in [0.5, 0.6) is 0 Å². The zero-order chi connectivity index (χ0) is 12.5. The molecule has 0 spiro atoms. The van der Waals surface area contributed by atoms with Crippen molar-refractivity contribution in [1.82, 2.24) is 15.8 Å². The van der Waals surface area contributed by atoms with E-state index in [1.54, 1.807) is 12.3 Å². The van der Waals surface area contributed by atoms with Gasteiger partial charge in [-0.15, -0.1) is 0 Å². The van der Waals surface area contributed by atoms with Crippen LogP contribution in [0.2, 0.25) is 0 Å². The van der Waals surface area contributed by atoms with Crippen LogP contribution in [-0.4, -0.2) is 23.7 Å². The molecule has 0 bridgehead atoms. The zero-order valence-electron chi connectivity index (χ0n) is 10.5. The highest BCUT2D eigenvalue weighted by molar-refractivity contribution is 5.81. The Morgan fingerprint density at radius 3 is 3.00 bits per heavy atom. The van der Waals surface area contributed by atoms with Gasteiger partial charge in [0.25, 0.3) is 0 Å². The molecule has 0 aromatic carbocycles. The fourth-order valence-electron chi connectivity index (χ4n) is 1.42. The van der Waals surface area contributed by atoms with E-state index in [4.69, 9.17) is 4.52 Å². The molecule has 0 saturated heterocycles. The minimum Gasteiger partial charge on any atom is -0.360 e. The van der Waals surface area contributed by atoms with Gasteiger partial charge < -0.3 is 9.84 Å². The molecule has 1 aromatic heterocycles. The minimum atomic E-state index is -0.221. The predicted molar refractivity (Wildman–Crippen MR) is 65.3 cm³/mol. The number of amides is 1. The standard InChI is InChI=1S/C12H21N3O2/c1-3-4-5-7-13-12(16)10(2)14-9-11-6-8-15-17-11/h6,8,10,14H,3-5,7,9H2,1-2H3,(H,13,16). The van der Waals surface area contributed by atoms with Gasteiger partial charge in [-0.25, -0.2) is 0 Å². The van der Waals surface area contributed by atoms with Gasteiger partial charge in [-0.05, 0) is 13.3 Å². The van der Waals surface area contributed by atoms with Crippen molar-refractivity contribution >= 4 is 5.91 Å². The SMILES string of the molecule is CCCCCNC(=O)C(C)NCc1ccno1. The van der Waals surface area contributed by atoms with Crippen LogP contribution in [0.3, 0.4) is 0 Å². The van der Waals surface area contributed by atoms with Crippen molar-refractivity contribution in [3.05, 3.63) is 18.0 Å². The largest absolute Gasteiger partial charge is 0.360 e. The van der Waals surface area contributed by atoms with Gasteiger partial charge in [0.15, 0.2) is 0 Å². The first-order valence-corrected chi connectivity index (χ1v) is 6.14. The molecule has 0 radical (unpaired) electrons. The first-order chi connectivity index (χ1) is 8.24. The van der Waals surface area contributed by atoms with E-state index in [1.807, 2.05) is 6.92 Å². The molecule has 1 atom stereocenters. The van der Waals surface area contributed by atoms with Gasteiger partial charge in [-0.2, -0.15) is 0 Å². The number of nitrogens with zero attached hydrogens (tertiary/aromatic N) is 1. The second kappa shape index (κ2) is 7.84. The van der Waals surface area contributed by atoms with Gasteiger partial charge in [0, 0.05) is 12.6 Å². The average Bonchev–Trinajstić information content (AvgIpc) is 2.84. The lowest BCUT2D eigenvalue weighted by molar-refractivity contribution is -0.122. The summed E-state index contributed by atoms with van der Waals surface area (Å²) in [5.74, 6) is 0.760. The molecular weight excluding hydrogens is 218 g/mol. The Hall–Kier alpha value is -1.36. The topological polar surface area (TPSA) is 67.2 Å². The van der Waals surface area contributed by atoms with E-state index in [2.05, 4.69) is 22.7 Å². The number of nitrogens with one attached hydrogen (secondary N) is 2. The molecule has 1 rings (SSSR count). The Balaban J connectivity index is 2.13. The van der Waals surface area contributed by atoms with Crippen LogP contribution >= 0.6 is 0 Å². The molecule has 1 unspecified atom stereocenters. The molecule has 2 N–H and O–H groups in total. The van der Waals surface area contributed by atoms with Crippen molar-refractivity contribution in [1.29, 1.82) is 0 Å². The van der Waals surface area contributed by atoms with Crippen molar-refractivity contribution in [3.8, 4) is 0 Å². The van der Waals surface area contributed by atoms with E-state index < -0.39 is 0 Å². The Morgan fingerprint density at radius 1 is 1.53 bits per heavy atom. The van der Waals surface area contributed by atoms with Crippen LogP contribution in [-0.2, 0) is 11.3 Å². The summed E-state index contributed by atoms with van der Waals surface area (Å²) in [5.41, 5.74) is 0. The molecule has 0 aliphatic rings. The Kier molecular flexibility index (Phi) is 6.32. The van der Waals surface area contributed by atoms with Crippen molar-refractivity contribution in [2.24, 2.45) is 0 Å². The molecule has 1 heterocycles. The monoisotopic (exact) mass is 239 g/mol. The highest BCUT2D eigenvalue weighted by Crippen LogP contribution is 1.96. The third-order valence-corrected chi connectivity index (χ3v) is 2.55. The minimum absolute atomic E-state index is 0.0284. The summed E-state index contributed by atoms with van der Waals surface area (Å²) in [5, 5.41) is 9.58. The van der Waals surface area contributed by atoms with Gasteiger partial charge in [0.05, 0.1) is 18.8 Å². The van der Waals surface area contributed by atoms with Crippen molar-refractivity contribution in [2.75, 3.05) is 6.54 Å². The maximum absolute atomic E-state index is 11.6. The van der Waals surface area contributed by atoms with Crippen LogP contribution in [0.25, 0.3) is 0 Å². The fraction of sp³-hybridized carbons (Fsp3) is 0.667. The van der Waals surface area contributed by atoms with Crippen LogP contribution < -0.4 is 10.6 Å². The normalized spacial score (nSPS) is 12.4. The van der Waals surface area contributed by atoms with Crippen LogP contribution in [0, 0.1) is 0 Å². The van der Waals surface area contributed by atoms with Crippen LogP contribution in [0.4, 0.5) is 0 Å². The molecule has 0 saturated carbocycles. The summed E-state index contributed by atoms with van der Waals surface area (Å²) in [6, 6.07) is 1.56. The molecular formula is C12H21N3O2. The van der Waals surface area contributed by atoms with E-state index in [9.17, 15) is 4.79 Å². The first kappa shape index (κ1) is 13.7. The lowest BCUT2D eigenvalue weighted by Crippen LogP contribution is -2.42. The summed E-state index contributed by atoms with van der Waals surface area (Å²) >= 11 is 0. The molecule has 5 heteroatoms. The number of aromatic nitrogens is 1. The predicted octanol–water partition coefficient (Wildman–Crippen LogP) is 1.46. The number of carbonyl (C=O) groups excluding carboxylic acids is 1. The zero-order valence-corrected chi connectivity index (χ0v) is 10.5. The number of carbonyl (C=O) groups is 1. The van der Waals surface area contributed by atoms with Crippen molar-refractivity contribution in [3.63, 3.8) is 0 Å². The fourth-order valence-corrected chi connectivity index (χ4v) is 1.42. The van der Waals surface area contributed by atoms with E-state index in [-0.39, 0.29) is 11.9 Å². The van der Waals surface area contributed by atoms with Crippen molar-refractivity contribution < 1.29 is 9.32 Å². The maximum atomic E-state index is 11.6. The number of rotatable bonds is 8. The van der Waals surface area contributed by atoms with Gasteiger partial charge in [-0.3, -0.25) is 10.1 Å². The summed E-state index contributed by atoms with van der Waals surface area (Å²) < 4.78 is 4.93. The molecule has 0 aliphatic heterocycles. The lowest BCUT2D eigenvalue weighted by atomic mass is 10.2. The Morgan fingerprint density at radius 2 is 2.35 bits per heavy atom. The van der Waals surface area contributed by atoms with Crippen LogP contribution in [0.1, 0.15) is 38.9 Å². The van der Waals surface area contributed by atoms with Gasteiger partial charge in [-0.1, -0.05) is 24.9 Å². The van der Waals surface area contributed by atoms with E-state index in [0.29, 0.717) is 6.54 Å². The average molecular weight is 239 g/mol. The summed E-state index contributed by atoms with van der Waals surface area (Å²) in [6.07, 6.45) is 4.94. The van der Waals surface area contributed by atoms with Gasteiger partial charge in [0.2, 0.25) is 5.91 Å². The molecule has 5 nitrogen and oxygen atoms in total. The molecule has 0 aliphatic carbocycles. The second-order valence-corrected chi connectivity index (χ2v) is 4.08. The molecule has 96 valence electrons. The Labute approximate surface area is 102 Å². The summed E-state index contributed by atoms with van der Waals surface area (Å²) in [4.78, 5) is 11.6. The van der Waals surface area contributed by atoms with Crippen LogP contribution in [0.15, 0.2) is 16.8 Å². The van der Waals surface area contributed by atoms with Gasteiger partial charge >= 0.3 is 0 Å². The second-order valence-electron chi connectivity index (χ2n) is 4.08. The van der Waals surface area contributed by atoms with Crippen molar-refractivity contribution in [2.45, 2.75) is 45.7 Å². The summed E-state index contributed by atoms with van der Waals surface area (Å²) in [6.45, 7) is 5.25. The quantitative estimate of drug-likeness (QED) is 0.674. The molecule has 17 heavy (non-hydrogen) atoms. The summed E-state index contributed by atoms with van der Waals surface area (Å²) in [7, 11) is 0. The number of hydrogen-bond donors (Lipinski definition) is 2. The maximum Gasteiger partial charge on any atom is 0.236 e. The highest BCUT2D eigenvalue weighted by Gasteiger charge is 2.11. The first-order valence-electron chi connectivity index (χ1n) is 6.14. The molecule has 1 amide bonds. The number of unbranched alkanes of at least 4 members (excludes halogenated alkanes) is 2. The third kappa shape index (κ3) is 5.49. The smallest absolute Gasteiger partial charge is 0.236 e. The van der Waals surface area contributed by atoms with E-state index in [1.165, 1.54) is 0 Å². The Bertz CT molecular complexity index is 312. The third-order valence-electron chi connectivity index (χ3n) is 2.55. The highest BCUT2D eigenvalue weighted by atomic mass is 16.5. The molecule has 0 fully saturated rings. The van der Waals surface area contributed by atoms with Gasteiger partial charge in [0.1, 0.15) is 5.76 Å². The molecule has 1 aromatic rings. The lowest BCUT2D eigenvalue weighted by Gasteiger charge is -2.12. The van der Waals surface area contributed by atoms with E-state index >= 15 is 0 Å². The number of hydrogen-bond acceptors (Lipinski definition) is 4. The van der Waals surface area contributed by atoms with E-state index in [0.717, 1.165) is 31.6 Å².